The first-order valence-corrected chi connectivity index (χ1v) is 9.64. The molecule has 1 atom stereocenters. The second-order valence-electron chi connectivity index (χ2n) is 6.94. The number of hydrogen-bond acceptors (Lipinski definition) is 6. The van der Waals surface area contributed by atoms with E-state index in [9.17, 15) is 9.59 Å². The van der Waals surface area contributed by atoms with Gasteiger partial charge in [0.1, 0.15) is 5.75 Å². The van der Waals surface area contributed by atoms with Gasteiger partial charge in [-0.15, -0.1) is 0 Å². The Morgan fingerprint density at radius 3 is 2.14 bits per heavy atom. The van der Waals surface area contributed by atoms with E-state index in [2.05, 4.69) is 0 Å². The van der Waals surface area contributed by atoms with Crippen LogP contribution in [0.3, 0.4) is 0 Å². The zero-order valence-electron chi connectivity index (χ0n) is 17.6. The molecular formula is C23H28O6. The molecule has 0 fully saturated rings. The van der Waals surface area contributed by atoms with Crippen molar-refractivity contribution in [2.24, 2.45) is 5.92 Å². The van der Waals surface area contributed by atoms with Crippen LogP contribution in [0.25, 0.3) is 0 Å². The van der Waals surface area contributed by atoms with E-state index in [4.69, 9.17) is 18.9 Å². The van der Waals surface area contributed by atoms with Gasteiger partial charge in [-0.2, -0.15) is 0 Å². The molecule has 6 nitrogen and oxygen atoms in total. The minimum Gasteiger partial charge on any atom is -0.494 e. The minimum atomic E-state index is -0.927. The SMILES string of the molecule is CCOc1ccc(C(=O)[C@@H](C)OC(=O)c2ccc(OCC(C)C)c(OC)c2)cc1. The van der Waals surface area contributed by atoms with Crippen LogP contribution in [0.1, 0.15) is 48.4 Å². The minimum absolute atomic E-state index is 0.282. The van der Waals surface area contributed by atoms with E-state index in [1.54, 1.807) is 49.4 Å². The summed E-state index contributed by atoms with van der Waals surface area (Å²) in [5.74, 6) is 1.14. The van der Waals surface area contributed by atoms with Gasteiger partial charge in [-0.3, -0.25) is 4.79 Å². The largest absolute Gasteiger partial charge is 0.494 e. The summed E-state index contributed by atoms with van der Waals surface area (Å²) in [6.45, 7) is 8.61. The van der Waals surface area contributed by atoms with E-state index in [-0.39, 0.29) is 11.3 Å². The molecular weight excluding hydrogens is 372 g/mol. The van der Waals surface area contributed by atoms with Crippen molar-refractivity contribution in [3.05, 3.63) is 53.6 Å². The highest BCUT2D eigenvalue weighted by Gasteiger charge is 2.21. The first-order chi connectivity index (χ1) is 13.8. The van der Waals surface area contributed by atoms with Gasteiger partial charge in [-0.1, -0.05) is 13.8 Å². The predicted molar refractivity (Wildman–Crippen MR) is 110 cm³/mol. The van der Waals surface area contributed by atoms with Crippen molar-refractivity contribution in [2.75, 3.05) is 20.3 Å². The first kappa shape index (κ1) is 22.3. The molecule has 2 aromatic rings. The summed E-state index contributed by atoms with van der Waals surface area (Å²) >= 11 is 0. The van der Waals surface area contributed by atoms with Crippen LogP contribution in [0.5, 0.6) is 17.2 Å². The van der Waals surface area contributed by atoms with Crippen molar-refractivity contribution in [3.8, 4) is 17.2 Å². The van der Waals surface area contributed by atoms with Crippen molar-refractivity contribution in [1.82, 2.24) is 0 Å². The molecule has 2 rings (SSSR count). The van der Waals surface area contributed by atoms with Gasteiger partial charge >= 0.3 is 5.97 Å². The lowest BCUT2D eigenvalue weighted by Crippen LogP contribution is -2.24. The number of esters is 1. The molecule has 0 radical (unpaired) electrons. The smallest absolute Gasteiger partial charge is 0.338 e. The number of methoxy groups -OCH3 is 1. The molecule has 0 aromatic heterocycles. The van der Waals surface area contributed by atoms with Gasteiger partial charge in [0.2, 0.25) is 5.78 Å². The van der Waals surface area contributed by atoms with Gasteiger partial charge in [0, 0.05) is 5.56 Å². The number of ether oxygens (including phenoxy) is 4. The molecule has 29 heavy (non-hydrogen) atoms. The number of rotatable bonds is 10. The van der Waals surface area contributed by atoms with Crippen LogP contribution in [0.2, 0.25) is 0 Å². The highest BCUT2D eigenvalue weighted by atomic mass is 16.5. The molecule has 0 N–H and O–H groups in total. The average molecular weight is 400 g/mol. The van der Waals surface area contributed by atoms with Crippen LogP contribution >= 0.6 is 0 Å². The lowest BCUT2D eigenvalue weighted by atomic mass is 10.1. The molecule has 0 aliphatic carbocycles. The fraction of sp³-hybridized carbons (Fsp3) is 0.391. The molecule has 0 aliphatic heterocycles. The summed E-state index contributed by atoms with van der Waals surface area (Å²) in [4.78, 5) is 25.0. The second kappa shape index (κ2) is 10.5. The van der Waals surface area contributed by atoms with Crippen molar-refractivity contribution >= 4 is 11.8 Å². The van der Waals surface area contributed by atoms with E-state index in [0.717, 1.165) is 0 Å². The maximum Gasteiger partial charge on any atom is 0.338 e. The van der Waals surface area contributed by atoms with E-state index in [1.165, 1.54) is 7.11 Å². The molecule has 0 saturated carbocycles. The number of hydrogen-bond donors (Lipinski definition) is 0. The highest BCUT2D eigenvalue weighted by Crippen LogP contribution is 2.29. The average Bonchev–Trinajstić information content (AvgIpc) is 2.72. The molecule has 0 aliphatic rings. The van der Waals surface area contributed by atoms with Gasteiger partial charge in [-0.05, 0) is 62.2 Å². The summed E-state index contributed by atoms with van der Waals surface area (Å²) in [6.07, 6.45) is -0.927. The van der Waals surface area contributed by atoms with E-state index >= 15 is 0 Å². The van der Waals surface area contributed by atoms with Gasteiger partial charge in [0.25, 0.3) is 0 Å². The Morgan fingerprint density at radius 1 is 0.897 bits per heavy atom. The van der Waals surface area contributed by atoms with Gasteiger partial charge in [0.05, 0.1) is 25.9 Å². The Hall–Kier alpha value is -3.02. The third-order valence-electron chi connectivity index (χ3n) is 4.07. The zero-order valence-corrected chi connectivity index (χ0v) is 17.6. The van der Waals surface area contributed by atoms with Gasteiger partial charge < -0.3 is 18.9 Å². The van der Waals surface area contributed by atoms with Crippen molar-refractivity contribution < 1.29 is 28.5 Å². The fourth-order valence-electron chi connectivity index (χ4n) is 2.57. The van der Waals surface area contributed by atoms with Crippen LogP contribution in [-0.4, -0.2) is 38.2 Å². The van der Waals surface area contributed by atoms with E-state index < -0.39 is 12.1 Å². The summed E-state index contributed by atoms with van der Waals surface area (Å²) < 4.78 is 21.7. The normalized spacial score (nSPS) is 11.7. The number of ketones is 1. The maximum absolute atomic E-state index is 12.5. The summed E-state index contributed by atoms with van der Waals surface area (Å²) in [6, 6.07) is 11.5. The number of benzene rings is 2. The van der Waals surface area contributed by atoms with Gasteiger partial charge in [-0.25, -0.2) is 4.79 Å². The van der Waals surface area contributed by atoms with Crippen LogP contribution in [-0.2, 0) is 4.74 Å². The Kier molecular flexibility index (Phi) is 8.07. The van der Waals surface area contributed by atoms with Crippen LogP contribution in [0, 0.1) is 5.92 Å². The molecule has 6 heteroatoms. The van der Waals surface area contributed by atoms with Crippen LogP contribution in [0.15, 0.2) is 42.5 Å². The molecule has 0 bridgehead atoms. The topological polar surface area (TPSA) is 71.1 Å². The number of Topliss-reactive ketones (excluding diaryl/α,β-unsaturated/α-hetero) is 1. The van der Waals surface area contributed by atoms with Crippen LogP contribution in [0.4, 0.5) is 0 Å². The monoisotopic (exact) mass is 400 g/mol. The summed E-state index contributed by atoms with van der Waals surface area (Å²) in [5, 5.41) is 0. The van der Waals surface area contributed by atoms with E-state index in [0.29, 0.717) is 41.9 Å². The Bertz CT molecular complexity index is 826. The molecule has 0 amide bonds. The Morgan fingerprint density at radius 2 is 1.55 bits per heavy atom. The number of carbonyl (C=O) groups is 2. The molecule has 2 aromatic carbocycles. The lowest BCUT2D eigenvalue weighted by molar-refractivity contribution is 0.0318. The second-order valence-corrected chi connectivity index (χ2v) is 6.94. The van der Waals surface area contributed by atoms with Crippen molar-refractivity contribution in [3.63, 3.8) is 0 Å². The quantitative estimate of drug-likeness (QED) is 0.430. The third-order valence-corrected chi connectivity index (χ3v) is 4.07. The standard InChI is InChI=1S/C23H28O6/c1-6-27-19-10-7-17(8-11-19)22(24)16(4)29-23(25)18-9-12-20(21(13-18)26-5)28-14-15(2)3/h7-13,15-16H,6,14H2,1-5H3/t16-/m1/s1. The van der Waals surface area contributed by atoms with Crippen molar-refractivity contribution in [1.29, 1.82) is 0 Å². The number of carbonyl (C=O) groups excluding carboxylic acids is 2. The molecule has 0 heterocycles. The summed E-state index contributed by atoms with van der Waals surface area (Å²) in [7, 11) is 1.50. The van der Waals surface area contributed by atoms with E-state index in [1.807, 2.05) is 20.8 Å². The molecule has 156 valence electrons. The lowest BCUT2D eigenvalue weighted by Gasteiger charge is -2.15. The summed E-state index contributed by atoms with van der Waals surface area (Å²) in [5.41, 5.74) is 0.730. The first-order valence-electron chi connectivity index (χ1n) is 9.64. The predicted octanol–water partition coefficient (Wildman–Crippen LogP) is 4.56. The fourth-order valence-corrected chi connectivity index (χ4v) is 2.57. The molecule has 0 saturated heterocycles. The molecule has 0 unspecified atom stereocenters. The Balaban J connectivity index is 2.05. The van der Waals surface area contributed by atoms with Gasteiger partial charge in [0.15, 0.2) is 17.6 Å². The highest BCUT2D eigenvalue weighted by molar-refractivity contribution is 6.01. The maximum atomic E-state index is 12.5. The third kappa shape index (κ3) is 6.24. The molecule has 0 spiro atoms. The Labute approximate surface area is 171 Å². The van der Waals surface area contributed by atoms with Crippen LogP contribution < -0.4 is 14.2 Å². The van der Waals surface area contributed by atoms with Crippen molar-refractivity contribution in [2.45, 2.75) is 33.8 Å². The zero-order chi connectivity index (χ0) is 21.4.